The molecule has 3 rings (SSSR count). The molecule has 1 aliphatic heterocycles. The third-order valence-electron chi connectivity index (χ3n) is 4.43. The third-order valence-corrected chi connectivity index (χ3v) is 5.48. The summed E-state index contributed by atoms with van der Waals surface area (Å²) in [6.07, 6.45) is 7.00. The quantitative estimate of drug-likeness (QED) is 0.813. The summed E-state index contributed by atoms with van der Waals surface area (Å²) in [4.78, 5) is 17.3. The van der Waals surface area contributed by atoms with Gasteiger partial charge in [0.1, 0.15) is 11.7 Å². The Labute approximate surface area is 125 Å². The van der Waals surface area contributed by atoms with Crippen molar-refractivity contribution in [2.75, 3.05) is 6.54 Å². The summed E-state index contributed by atoms with van der Waals surface area (Å²) in [6, 6.07) is 4.32. The Morgan fingerprint density at radius 2 is 2.15 bits per heavy atom. The van der Waals surface area contributed by atoms with Crippen LogP contribution < -0.4 is 5.32 Å². The van der Waals surface area contributed by atoms with Crippen molar-refractivity contribution in [1.82, 2.24) is 10.2 Å². The van der Waals surface area contributed by atoms with Crippen LogP contribution in [0, 0.1) is 6.92 Å². The Balaban J connectivity index is 1.71. The van der Waals surface area contributed by atoms with E-state index < -0.39 is 0 Å². The first-order chi connectivity index (χ1) is 9.66. The average Bonchev–Trinajstić information content (AvgIpc) is 3.02. The van der Waals surface area contributed by atoms with Gasteiger partial charge in [-0.2, -0.15) is 0 Å². The van der Waals surface area contributed by atoms with E-state index >= 15 is 0 Å². The molecule has 20 heavy (non-hydrogen) atoms. The first kappa shape index (κ1) is 14.1. The third kappa shape index (κ3) is 2.51. The highest BCUT2D eigenvalue weighted by molar-refractivity contribution is 7.12. The first-order valence-corrected chi connectivity index (χ1v) is 8.63. The molecule has 1 saturated heterocycles. The lowest BCUT2D eigenvalue weighted by Crippen LogP contribution is -2.32. The molecule has 1 aromatic rings. The molecule has 1 atom stereocenters. The molecular formula is C16H24N2OS. The molecule has 3 nitrogen and oxygen atoms in total. The second kappa shape index (κ2) is 5.49. The van der Waals surface area contributed by atoms with Crippen molar-refractivity contribution in [1.29, 1.82) is 0 Å². The molecule has 1 unspecified atom stereocenters. The Morgan fingerprint density at radius 1 is 1.35 bits per heavy atom. The molecule has 2 aliphatic rings. The lowest BCUT2D eigenvalue weighted by Gasteiger charge is -2.23. The molecule has 4 heteroatoms. The summed E-state index contributed by atoms with van der Waals surface area (Å²) in [5, 5.41) is 3.60. The van der Waals surface area contributed by atoms with Gasteiger partial charge in [-0.15, -0.1) is 11.3 Å². The van der Waals surface area contributed by atoms with Crippen molar-refractivity contribution < 1.29 is 4.79 Å². The molecule has 1 spiro atoms. The van der Waals surface area contributed by atoms with Gasteiger partial charge in [0, 0.05) is 16.3 Å². The van der Waals surface area contributed by atoms with Crippen LogP contribution in [0.3, 0.4) is 0 Å². The minimum atomic E-state index is -0.201. The smallest absolute Gasteiger partial charge is 0.244 e. The van der Waals surface area contributed by atoms with Crippen molar-refractivity contribution in [3.63, 3.8) is 0 Å². The largest absolute Gasteiger partial charge is 0.320 e. The minimum Gasteiger partial charge on any atom is -0.320 e. The van der Waals surface area contributed by atoms with Crippen LogP contribution in [0.1, 0.15) is 61.4 Å². The van der Waals surface area contributed by atoms with E-state index in [-0.39, 0.29) is 11.7 Å². The van der Waals surface area contributed by atoms with Crippen LogP contribution in [0.25, 0.3) is 0 Å². The number of hydrogen-bond acceptors (Lipinski definition) is 3. The Kier molecular flexibility index (Phi) is 3.87. The predicted molar refractivity (Wildman–Crippen MR) is 82.8 cm³/mol. The highest BCUT2D eigenvalue weighted by atomic mass is 32.1. The van der Waals surface area contributed by atoms with Gasteiger partial charge in [0.05, 0.1) is 0 Å². The molecule has 2 fully saturated rings. The van der Waals surface area contributed by atoms with E-state index in [1.54, 1.807) is 11.3 Å². The second-order valence-corrected chi connectivity index (χ2v) is 7.46. The number of rotatable bonds is 6. The van der Waals surface area contributed by atoms with Crippen LogP contribution in [0.4, 0.5) is 0 Å². The summed E-state index contributed by atoms with van der Waals surface area (Å²) in [7, 11) is 0. The van der Waals surface area contributed by atoms with E-state index in [9.17, 15) is 4.79 Å². The Bertz CT molecular complexity index is 492. The van der Waals surface area contributed by atoms with E-state index in [0.29, 0.717) is 5.91 Å². The van der Waals surface area contributed by atoms with Crippen molar-refractivity contribution >= 4 is 17.2 Å². The molecule has 0 radical (unpaired) electrons. The minimum absolute atomic E-state index is 0.116. The number of carbonyl (C=O) groups is 1. The number of hydrogen-bond donors (Lipinski definition) is 1. The van der Waals surface area contributed by atoms with Gasteiger partial charge in [0.2, 0.25) is 5.91 Å². The fourth-order valence-corrected chi connectivity index (χ4v) is 3.98. The summed E-state index contributed by atoms with van der Waals surface area (Å²) in [6.45, 7) is 5.25. The van der Waals surface area contributed by atoms with Crippen molar-refractivity contribution in [3.05, 3.63) is 21.9 Å². The zero-order valence-corrected chi connectivity index (χ0v) is 13.3. The molecular weight excluding hydrogens is 268 g/mol. The highest BCUT2D eigenvalue weighted by Gasteiger charge is 2.59. The number of thiophene rings is 1. The molecule has 1 aromatic heterocycles. The van der Waals surface area contributed by atoms with Crippen LogP contribution >= 0.6 is 11.3 Å². The lowest BCUT2D eigenvalue weighted by atomic mass is 10.2. The number of aryl methyl sites for hydroxylation is 1. The second-order valence-electron chi connectivity index (χ2n) is 6.14. The van der Waals surface area contributed by atoms with E-state index in [0.717, 1.165) is 25.8 Å². The molecule has 1 amide bonds. The van der Waals surface area contributed by atoms with Crippen LogP contribution in [-0.4, -0.2) is 22.9 Å². The van der Waals surface area contributed by atoms with E-state index in [1.165, 1.54) is 29.0 Å². The van der Waals surface area contributed by atoms with Gasteiger partial charge in [-0.05, 0) is 38.3 Å². The molecule has 2 heterocycles. The number of carbonyl (C=O) groups excluding carboxylic acids is 1. The SMILES string of the molecule is CCCCCCN1C(=O)C2(CC2)NC1c1ccc(C)s1. The Morgan fingerprint density at radius 3 is 2.75 bits per heavy atom. The average molecular weight is 292 g/mol. The molecule has 110 valence electrons. The van der Waals surface area contributed by atoms with Gasteiger partial charge in [-0.1, -0.05) is 26.2 Å². The number of unbranched alkanes of at least 4 members (excludes halogenated alkanes) is 3. The van der Waals surface area contributed by atoms with Crippen molar-refractivity contribution in [2.24, 2.45) is 0 Å². The maximum Gasteiger partial charge on any atom is 0.244 e. The van der Waals surface area contributed by atoms with Crippen LogP contribution in [-0.2, 0) is 4.79 Å². The summed E-state index contributed by atoms with van der Waals surface area (Å²) in [5.41, 5.74) is -0.201. The molecule has 0 bridgehead atoms. The van der Waals surface area contributed by atoms with E-state index in [4.69, 9.17) is 0 Å². The van der Waals surface area contributed by atoms with Crippen LogP contribution in [0.2, 0.25) is 0 Å². The normalized spacial score (nSPS) is 23.8. The van der Waals surface area contributed by atoms with E-state index in [1.807, 2.05) is 0 Å². The Hall–Kier alpha value is -0.870. The number of amides is 1. The monoisotopic (exact) mass is 292 g/mol. The van der Waals surface area contributed by atoms with Crippen molar-refractivity contribution in [2.45, 2.75) is 64.1 Å². The fraction of sp³-hybridized carbons (Fsp3) is 0.688. The summed E-state index contributed by atoms with van der Waals surface area (Å²) < 4.78 is 0. The zero-order chi connectivity index (χ0) is 14.2. The van der Waals surface area contributed by atoms with Gasteiger partial charge in [-0.3, -0.25) is 10.1 Å². The highest BCUT2D eigenvalue weighted by Crippen LogP contribution is 2.46. The predicted octanol–water partition coefficient (Wildman–Crippen LogP) is 3.60. The topological polar surface area (TPSA) is 32.3 Å². The lowest BCUT2D eigenvalue weighted by molar-refractivity contribution is -0.130. The van der Waals surface area contributed by atoms with Gasteiger partial charge in [0.15, 0.2) is 0 Å². The molecule has 1 saturated carbocycles. The van der Waals surface area contributed by atoms with Gasteiger partial charge in [-0.25, -0.2) is 0 Å². The standard InChI is InChI=1S/C16H24N2OS/c1-3-4-5-6-11-18-14(13-8-7-12(2)20-13)17-16(9-10-16)15(18)19/h7-8,14,17H,3-6,9-11H2,1-2H3. The van der Waals surface area contributed by atoms with Crippen LogP contribution in [0.5, 0.6) is 0 Å². The van der Waals surface area contributed by atoms with Gasteiger partial charge in [0.25, 0.3) is 0 Å². The molecule has 1 aliphatic carbocycles. The number of nitrogens with one attached hydrogen (secondary N) is 1. The summed E-state index contributed by atoms with van der Waals surface area (Å²) in [5.74, 6) is 0.338. The number of nitrogens with zero attached hydrogens (tertiary/aromatic N) is 1. The maximum atomic E-state index is 12.6. The zero-order valence-electron chi connectivity index (χ0n) is 12.4. The summed E-state index contributed by atoms with van der Waals surface area (Å²) >= 11 is 1.81. The first-order valence-electron chi connectivity index (χ1n) is 7.81. The van der Waals surface area contributed by atoms with E-state index in [2.05, 4.69) is 36.2 Å². The fourth-order valence-electron chi connectivity index (χ4n) is 3.04. The van der Waals surface area contributed by atoms with Crippen molar-refractivity contribution in [3.8, 4) is 0 Å². The van der Waals surface area contributed by atoms with Gasteiger partial charge < -0.3 is 4.90 Å². The maximum absolute atomic E-state index is 12.6. The molecule has 1 N–H and O–H groups in total. The van der Waals surface area contributed by atoms with Crippen LogP contribution in [0.15, 0.2) is 12.1 Å². The molecule has 0 aromatic carbocycles. The van der Waals surface area contributed by atoms with Gasteiger partial charge >= 0.3 is 0 Å².